The number of carbonyl (C=O) groups excluding carboxylic acids is 1. The molecule has 35 heavy (non-hydrogen) atoms. The number of thiophene rings is 1. The van der Waals surface area contributed by atoms with Crippen LogP contribution in [0.4, 0.5) is 5.00 Å². The van der Waals surface area contributed by atoms with Crippen molar-refractivity contribution in [2.45, 2.75) is 44.0 Å². The number of sulfonamides is 1. The van der Waals surface area contributed by atoms with Crippen molar-refractivity contribution in [1.82, 2.24) is 4.90 Å². The molecule has 2 aliphatic heterocycles. The van der Waals surface area contributed by atoms with Gasteiger partial charge in [-0.25, -0.2) is 8.42 Å². The Balaban J connectivity index is 1.54. The van der Waals surface area contributed by atoms with Crippen LogP contribution in [0.1, 0.15) is 32.3 Å². The van der Waals surface area contributed by atoms with Crippen LogP contribution in [-0.2, 0) is 31.1 Å². The third kappa shape index (κ3) is 4.23. The summed E-state index contributed by atoms with van der Waals surface area (Å²) in [6.45, 7) is 4.69. The number of carbonyl (C=O) groups is 1. The van der Waals surface area contributed by atoms with Crippen molar-refractivity contribution in [3.05, 3.63) is 34.4 Å². The number of allylic oxidation sites excluding steroid dienone is 1. The Kier molecular flexibility index (Phi) is 5.92. The smallest absolute Gasteiger partial charge is 0.287 e. The molecule has 2 aliphatic carbocycles. The molecule has 190 valence electrons. The zero-order valence-corrected chi connectivity index (χ0v) is 22.2. The maximum atomic E-state index is 13.7. The van der Waals surface area contributed by atoms with Crippen molar-refractivity contribution in [3.63, 3.8) is 0 Å². The maximum absolute atomic E-state index is 13.7. The van der Waals surface area contributed by atoms with E-state index >= 15 is 0 Å². The summed E-state index contributed by atoms with van der Waals surface area (Å²) >= 11 is 1.12. The fourth-order valence-corrected chi connectivity index (χ4v) is 8.90. The van der Waals surface area contributed by atoms with Crippen LogP contribution in [0.2, 0.25) is 0 Å². The van der Waals surface area contributed by atoms with Gasteiger partial charge in [-0.1, -0.05) is 26.0 Å². The topological polar surface area (TPSA) is 133 Å². The first-order valence-electron chi connectivity index (χ1n) is 11.7. The third-order valence-corrected chi connectivity index (χ3v) is 10.7. The first kappa shape index (κ1) is 24.5. The van der Waals surface area contributed by atoms with Crippen LogP contribution in [0.25, 0.3) is 0 Å². The fourth-order valence-electron chi connectivity index (χ4n) is 5.64. The number of aliphatic hydroxyl groups excluding tert-OH is 1. The first-order valence-corrected chi connectivity index (χ1v) is 16.1. The van der Waals surface area contributed by atoms with E-state index in [1.807, 2.05) is 0 Å². The summed E-state index contributed by atoms with van der Waals surface area (Å²) in [7, 11) is -7.49. The quantitative estimate of drug-likeness (QED) is 0.509. The van der Waals surface area contributed by atoms with Crippen molar-refractivity contribution < 1.29 is 26.7 Å². The number of amides is 1. The van der Waals surface area contributed by atoms with Crippen LogP contribution < -0.4 is 5.32 Å². The molecule has 0 radical (unpaired) electrons. The molecule has 0 spiro atoms. The molecule has 3 heterocycles. The molecule has 0 aromatic carbocycles. The molecule has 2 bridgehead atoms. The molecule has 9 nitrogen and oxygen atoms in total. The molecule has 1 saturated carbocycles. The second-order valence-electron chi connectivity index (χ2n) is 10.2. The number of nitrogens with one attached hydrogen (secondary N) is 1. The molecular formula is C23H29N3O6S3. The van der Waals surface area contributed by atoms with Crippen molar-refractivity contribution in [3.8, 4) is 0 Å². The van der Waals surface area contributed by atoms with E-state index in [0.717, 1.165) is 30.4 Å². The summed E-state index contributed by atoms with van der Waals surface area (Å²) in [5, 5.41) is 16.1. The molecule has 4 aliphatic rings. The highest BCUT2D eigenvalue weighted by molar-refractivity contribution is 7.91. The molecule has 1 aromatic rings. The van der Waals surface area contributed by atoms with Gasteiger partial charge in [0, 0.05) is 24.8 Å². The van der Waals surface area contributed by atoms with E-state index in [1.165, 1.54) is 0 Å². The van der Waals surface area contributed by atoms with Crippen molar-refractivity contribution in [2.24, 2.45) is 28.1 Å². The molecule has 1 fully saturated rings. The number of hydrogen-bond acceptors (Lipinski definition) is 8. The van der Waals surface area contributed by atoms with Gasteiger partial charge in [0.2, 0.25) is 0 Å². The van der Waals surface area contributed by atoms with Gasteiger partial charge in [0.25, 0.3) is 15.9 Å². The van der Waals surface area contributed by atoms with E-state index in [-0.39, 0.29) is 63.0 Å². The van der Waals surface area contributed by atoms with Crippen LogP contribution in [0.3, 0.4) is 0 Å². The van der Waals surface area contributed by atoms with Gasteiger partial charge in [0.15, 0.2) is 5.84 Å². The molecule has 12 heteroatoms. The minimum atomic E-state index is -4.21. The Morgan fingerprint density at radius 3 is 2.69 bits per heavy atom. The van der Waals surface area contributed by atoms with Gasteiger partial charge < -0.3 is 15.3 Å². The highest BCUT2D eigenvalue weighted by Crippen LogP contribution is 2.52. The number of aryl methyl sites for hydroxylation is 1. The minimum Gasteiger partial charge on any atom is -0.511 e. The highest BCUT2D eigenvalue weighted by atomic mass is 32.2. The Labute approximate surface area is 209 Å². The third-order valence-electron chi connectivity index (χ3n) is 7.27. The van der Waals surface area contributed by atoms with E-state index in [1.54, 1.807) is 10.3 Å². The van der Waals surface area contributed by atoms with E-state index in [9.17, 15) is 26.7 Å². The van der Waals surface area contributed by atoms with Gasteiger partial charge in [-0.15, -0.1) is 15.7 Å². The number of sulfone groups is 1. The largest absolute Gasteiger partial charge is 0.511 e. The molecule has 4 unspecified atom stereocenters. The summed E-state index contributed by atoms with van der Waals surface area (Å²) < 4.78 is 53.5. The van der Waals surface area contributed by atoms with E-state index in [2.05, 4.69) is 35.7 Å². The van der Waals surface area contributed by atoms with Crippen LogP contribution in [0.15, 0.2) is 38.2 Å². The number of fused-ring (bicyclic) bond motifs is 6. The van der Waals surface area contributed by atoms with Gasteiger partial charge in [-0.2, -0.15) is 8.42 Å². The monoisotopic (exact) mass is 539 g/mol. The summed E-state index contributed by atoms with van der Waals surface area (Å²) in [5.41, 5.74) is 0.284. The second kappa shape index (κ2) is 8.45. The Morgan fingerprint density at radius 2 is 2.00 bits per heavy atom. The molecule has 0 saturated heterocycles. The maximum Gasteiger partial charge on any atom is 0.287 e. The summed E-state index contributed by atoms with van der Waals surface area (Å²) in [6.07, 6.45) is 6.99. The van der Waals surface area contributed by atoms with Crippen molar-refractivity contribution >= 4 is 47.9 Å². The van der Waals surface area contributed by atoms with E-state index in [0.29, 0.717) is 18.0 Å². The fraction of sp³-hybridized carbons (Fsp3) is 0.565. The predicted octanol–water partition coefficient (Wildman–Crippen LogP) is 2.74. The number of amidine groups is 1. The summed E-state index contributed by atoms with van der Waals surface area (Å²) in [4.78, 5) is 15.5. The van der Waals surface area contributed by atoms with E-state index < -0.39 is 25.8 Å². The SMILES string of the molecule is CC(C)CCN1C(=O)C(C2=NS(=O)(=O)c3c(CCS(C)(=O)=O)csc3N2)=C(O)C2C3C=CC(C3)C21. The van der Waals surface area contributed by atoms with Crippen molar-refractivity contribution in [2.75, 3.05) is 23.9 Å². The molecule has 5 rings (SSSR count). The number of aliphatic hydroxyl groups is 1. The van der Waals surface area contributed by atoms with Gasteiger partial charge >= 0.3 is 0 Å². The number of nitrogens with zero attached hydrogens (tertiary/aromatic N) is 2. The minimum absolute atomic E-state index is 0.0471. The zero-order valence-electron chi connectivity index (χ0n) is 19.8. The summed E-state index contributed by atoms with van der Waals surface area (Å²) in [6, 6.07) is -0.138. The number of rotatable bonds is 7. The Morgan fingerprint density at radius 1 is 1.29 bits per heavy atom. The van der Waals surface area contributed by atoms with Crippen molar-refractivity contribution in [1.29, 1.82) is 0 Å². The molecule has 1 amide bonds. The molecular weight excluding hydrogens is 510 g/mol. The lowest BCUT2D eigenvalue weighted by molar-refractivity contribution is -0.132. The highest BCUT2D eigenvalue weighted by Gasteiger charge is 2.55. The van der Waals surface area contributed by atoms with Crippen LogP contribution >= 0.6 is 11.3 Å². The summed E-state index contributed by atoms with van der Waals surface area (Å²) in [5.74, 6) is -0.505. The van der Waals surface area contributed by atoms with Gasteiger partial charge in [-0.05, 0) is 48.0 Å². The van der Waals surface area contributed by atoms with Gasteiger partial charge in [0.05, 0.1) is 5.75 Å². The Hall–Kier alpha value is -2.18. The molecule has 4 atom stereocenters. The lowest BCUT2D eigenvalue weighted by Gasteiger charge is -2.42. The Bertz CT molecular complexity index is 1390. The van der Waals surface area contributed by atoms with Crippen LogP contribution in [0, 0.1) is 23.7 Å². The average Bonchev–Trinajstić information content (AvgIpc) is 3.46. The number of hydrogen-bond donors (Lipinski definition) is 2. The zero-order chi connectivity index (χ0) is 25.3. The van der Waals surface area contributed by atoms with Gasteiger partial charge in [0.1, 0.15) is 31.1 Å². The van der Waals surface area contributed by atoms with Crippen LogP contribution in [-0.4, -0.2) is 63.2 Å². The lowest BCUT2D eigenvalue weighted by Crippen LogP contribution is -2.54. The average molecular weight is 540 g/mol. The second-order valence-corrected chi connectivity index (χ2v) is 14.9. The standard InChI is InChI=1S/C23H29N3O6S3/c1-12(2)6-8-26-18-14-5-4-13(10-14)16(18)19(27)17(23(26)28)21-24-22-20(35(31,32)25-21)15(11-33-22)7-9-34(3,29)30/h4-5,11-14,16,18,27H,6-10H2,1-3H3,(H,24,25). The van der Waals surface area contributed by atoms with E-state index in [4.69, 9.17) is 0 Å². The molecule has 2 N–H and O–H groups in total. The van der Waals surface area contributed by atoms with Crippen LogP contribution in [0.5, 0.6) is 0 Å². The predicted molar refractivity (Wildman–Crippen MR) is 135 cm³/mol. The normalized spacial score (nSPS) is 28.9. The first-order chi connectivity index (χ1) is 16.4. The van der Waals surface area contributed by atoms with Gasteiger partial charge in [-0.3, -0.25) is 4.79 Å². The lowest BCUT2D eigenvalue weighted by atomic mass is 9.80. The molecule has 1 aromatic heterocycles. The number of anilines is 1.